The Bertz CT molecular complexity index is 167. The van der Waals surface area contributed by atoms with Crippen LogP contribution in [0.3, 0.4) is 0 Å². The van der Waals surface area contributed by atoms with Gasteiger partial charge in [0.2, 0.25) is 0 Å². The Kier molecular flexibility index (Phi) is 1.04. The molecule has 0 N–H and O–H groups in total. The molecule has 4 nitrogen and oxygen atoms in total. The van der Waals surface area contributed by atoms with Crippen molar-refractivity contribution in [3.8, 4) is 6.07 Å². The summed E-state index contributed by atoms with van der Waals surface area (Å²) in [5.41, 5.74) is 0.157. The molecule has 0 aromatic heterocycles. The number of nitrogens with zero attached hydrogens (tertiary/aromatic N) is 2. The van der Waals surface area contributed by atoms with E-state index in [2.05, 4.69) is 4.84 Å². The second kappa shape index (κ2) is 1.70. The summed E-state index contributed by atoms with van der Waals surface area (Å²) in [4.78, 5) is 4.64. The highest BCUT2D eigenvalue weighted by molar-refractivity contribution is 5.94. The van der Waals surface area contributed by atoms with E-state index in [1.165, 1.54) is 0 Å². The van der Waals surface area contributed by atoms with Gasteiger partial charge in [-0.25, -0.2) is 0 Å². The van der Waals surface area contributed by atoms with Crippen LogP contribution >= 0.6 is 0 Å². The molecule has 0 fully saturated rings. The molecule has 0 aromatic rings. The molecule has 0 atom stereocenters. The fourth-order valence-electron chi connectivity index (χ4n) is 0.491. The van der Waals surface area contributed by atoms with Gasteiger partial charge in [-0.2, -0.15) is 5.26 Å². The molecule has 0 spiro atoms. The van der Waals surface area contributed by atoms with Crippen molar-refractivity contribution in [1.29, 1.82) is 5.26 Å². The van der Waals surface area contributed by atoms with Crippen molar-refractivity contribution in [2.45, 2.75) is 6.42 Å². The first-order chi connectivity index (χ1) is 3.84. The van der Waals surface area contributed by atoms with Crippen LogP contribution in [0.15, 0.2) is 0 Å². The Morgan fingerprint density at radius 1 is 1.88 bits per heavy atom. The molecule has 8 heavy (non-hydrogen) atoms. The molecule has 0 radical (unpaired) electrons. The Morgan fingerprint density at radius 2 is 2.62 bits per heavy atom. The molecular formula is C4H4N2O2. The molecular weight excluding hydrogens is 108 g/mol. The summed E-state index contributed by atoms with van der Waals surface area (Å²) in [5.74, 6) is 0. The van der Waals surface area contributed by atoms with Crippen molar-refractivity contribution in [2.75, 3.05) is 6.61 Å². The molecule has 1 aliphatic rings. The fraction of sp³-hybridized carbons (Fsp3) is 0.500. The third-order valence-electron chi connectivity index (χ3n) is 0.897. The van der Waals surface area contributed by atoms with Gasteiger partial charge in [0.1, 0.15) is 0 Å². The van der Waals surface area contributed by atoms with Crippen LogP contribution in [-0.4, -0.2) is 17.2 Å². The first-order valence-corrected chi connectivity index (χ1v) is 2.20. The Balaban J connectivity index is 2.77. The summed E-state index contributed by atoms with van der Waals surface area (Å²) in [7, 11) is 0. The van der Waals surface area contributed by atoms with E-state index >= 15 is 0 Å². The normalized spacial score (nSPS) is 17.9. The van der Waals surface area contributed by atoms with Crippen molar-refractivity contribution in [1.82, 2.24) is 0 Å². The van der Waals surface area contributed by atoms with Gasteiger partial charge in [0.05, 0.1) is 17.9 Å². The summed E-state index contributed by atoms with van der Waals surface area (Å²) < 4.78 is 0. The van der Waals surface area contributed by atoms with Crippen LogP contribution in [0.25, 0.3) is 0 Å². The van der Waals surface area contributed by atoms with Crippen molar-refractivity contribution >= 4 is 5.71 Å². The molecule has 0 aromatic carbocycles. The smallest absolute Gasteiger partial charge is 0.321 e. The van der Waals surface area contributed by atoms with Gasteiger partial charge >= 0.3 is 5.71 Å². The quantitative estimate of drug-likeness (QED) is 0.407. The van der Waals surface area contributed by atoms with Gasteiger partial charge < -0.3 is 4.84 Å². The maximum absolute atomic E-state index is 10.2. The predicted molar refractivity (Wildman–Crippen MR) is 24.8 cm³/mol. The van der Waals surface area contributed by atoms with Gasteiger partial charge in [-0.3, -0.25) is 5.21 Å². The second-order valence-electron chi connectivity index (χ2n) is 1.40. The van der Waals surface area contributed by atoms with Crippen LogP contribution in [0.2, 0.25) is 0 Å². The SMILES string of the molecule is N#CC1=[N+]([O-])OCC1. The van der Waals surface area contributed by atoms with Gasteiger partial charge in [0, 0.05) is 0 Å². The molecule has 0 amide bonds. The Morgan fingerprint density at radius 3 is 2.88 bits per heavy atom. The van der Waals surface area contributed by atoms with E-state index in [9.17, 15) is 5.21 Å². The predicted octanol–water partition coefficient (Wildman–Crippen LogP) is -0.203. The second-order valence-corrected chi connectivity index (χ2v) is 1.40. The third kappa shape index (κ3) is 0.581. The highest BCUT2D eigenvalue weighted by atomic mass is 16.9. The largest absolute Gasteiger partial charge is 0.402 e. The van der Waals surface area contributed by atoms with Crippen LogP contribution in [0.1, 0.15) is 6.42 Å². The summed E-state index contributed by atoms with van der Waals surface area (Å²) in [5, 5.41) is 18.4. The number of rotatable bonds is 0. The third-order valence-corrected chi connectivity index (χ3v) is 0.897. The van der Waals surface area contributed by atoms with Crippen LogP contribution in [0.5, 0.6) is 0 Å². The fourth-order valence-corrected chi connectivity index (χ4v) is 0.491. The lowest BCUT2D eigenvalue weighted by atomic mass is 10.3. The van der Waals surface area contributed by atoms with E-state index in [0.29, 0.717) is 13.0 Å². The van der Waals surface area contributed by atoms with Crippen molar-refractivity contribution in [2.24, 2.45) is 0 Å². The van der Waals surface area contributed by atoms with E-state index in [0.717, 1.165) is 0 Å². The molecule has 1 heterocycles. The molecule has 1 aliphatic heterocycles. The molecule has 0 unspecified atom stereocenters. The maximum atomic E-state index is 10.2. The number of hydrogen-bond donors (Lipinski definition) is 0. The standard InChI is InChI=1S/C4H4N2O2/c5-3-4-1-2-8-6(4)7/h1-2H2. The van der Waals surface area contributed by atoms with Gasteiger partial charge in [0.15, 0.2) is 6.07 Å². The minimum absolute atomic E-state index is 0.157. The van der Waals surface area contributed by atoms with Crippen molar-refractivity contribution in [3.63, 3.8) is 0 Å². The van der Waals surface area contributed by atoms with E-state index in [1.807, 2.05) is 0 Å². The summed E-state index contributed by atoms with van der Waals surface area (Å²) in [6.07, 6.45) is 0.444. The van der Waals surface area contributed by atoms with Gasteiger partial charge in [-0.1, -0.05) is 0 Å². The topological polar surface area (TPSA) is 59.1 Å². The average Bonchev–Trinajstić information content (AvgIpc) is 2.14. The van der Waals surface area contributed by atoms with Crippen LogP contribution < -0.4 is 0 Å². The molecule has 1 rings (SSSR count). The zero-order chi connectivity index (χ0) is 5.98. The van der Waals surface area contributed by atoms with E-state index in [-0.39, 0.29) is 10.6 Å². The zero-order valence-corrected chi connectivity index (χ0v) is 4.13. The summed E-state index contributed by atoms with van der Waals surface area (Å²) in [6.45, 7) is 0.340. The van der Waals surface area contributed by atoms with E-state index in [4.69, 9.17) is 5.26 Å². The Hall–Kier alpha value is -1.24. The summed E-state index contributed by atoms with van der Waals surface area (Å²) >= 11 is 0. The monoisotopic (exact) mass is 112 g/mol. The van der Waals surface area contributed by atoms with Crippen molar-refractivity contribution < 1.29 is 9.74 Å². The average molecular weight is 112 g/mol. The van der Waals surface area contributed by atoms with Gasteiger partial charge in [-0.05, 0) is 0 Å². The van der Waals surface area contributed by atoms with Crippen LogP contribution in [0, 0.1) is 16.5 Å². The lowest BCUT2D eigenvalue weighted by Gasteiger charge is -1.89. The van der Waals surface area contributed by atoms with Crippen LogP contribution in [0.4, 0.5) is 0 Å². The number of hydrogen-bond acceptors (Lipinski definition) is 3. The maximum Gasteiger partial charge on any atom is 0.321 e. The highest BCUT2D eigenvalue weighted by Crippen LogP contribution is 1.96. The van der Waals surface area contributed by atoms with Gasteiger partial charge in [-0.15, -0.1) is 0 Å². The molecule has 0 saturated carbocycles. The summed E-state index contributed by atoms with van der Waals surface area (Å²) in [6, 6.07) is 1.72. The molecule has 0 bridgehead atoms. The van der Waals surface area contributed by atoms with Crippen molar-refractivity contribution in [3.05, 3.63) is 5.21 Å². The zero-order valence-electron chi connectivity index (χ0n) is 4.13. The lowest BCUT2D eigenvalue weighted by Crippen LogP contribution is -2.02. The highest BCUT2D eigenvalue weighted by Gasteiger charge is 2.16. The molecule has 0 aliphatic carbocycles. The number of nitriles is 1. The molecule has 4 heteroatoms. The first kappa shape index (κ1) is 4.91. The molecule has 0 saturated heterocycles. The minimum atomic E-state index is 0.157. The van der Waals surface area contributed by atoms with E-state index < -0.39 is 0 Å². The Labute approximate surface area is 46.1 Å². The molecule has 42 valence electrons. The van der Waals surface area contributed by atoms with Gasteiger partial charge in [0.25, 0.3) is 0 Å². The van der Waals surface area contributed by atoms with Crippen LogP contribution in [-0.2, 0) is 4.84 Å². The lowest BCUT2D eigenvalue weighted by molar-refractivity contribution is -0.730. The first-order valence-electron chi connectivity index (χ1n) is 2.20. The van der Waals surface area contributed by atoms with E-state index in [1.54, 1.807) is 6.07 Å². The minimum Gasteiger partial charge on any atom is -0.402 e.